The molecule has 1 aromatic carbocycles. The van der Waals surface area contributed by atoms with Crippen LogP contribution in [0.25, 0.3) is 10.8 Å². The molecule has 1 aromatic heterocycles. The minimum Gasteiger partial charge on any atom is -0.480 e. The summed E-state index contributed by atoms with van der Waals surface area (Å²) in [5, 5.41) is 14.5. The molecule has 2 N–H and O–H groups in total. The van der Waals surface area contributed by atoms with Gasteiger partial charge in [0.2, 0.25) is 0 Å². The first-order valence-corrected chi connectivity index (χ1v) is 7.23. The van der Waals surface area contributed by atoms with Gasteiger partial charge in [0.25, 0.3) is 0 Å². The van der Waals surface area contributed by atoms with Crippen molar-refractivity contribution in [3.8, 4) is 0 Å². The number of carboxylic acids is 1. The number of carbonyl (C=O) groups is 1. The number of benzene rings is 1. The Hall–Kier alpha value is -1.59. The monoisotopic (exact) mass is 274 g/mol. The van der Waals surface area contributed by atoms with Crippen molar-refractivity contribution in [2.45, 2.75) is 17.8 Å². The van der Waals surface area contributed by atoms with Crippen molar-refractivity contribution in [1.82, 2.24) is 10.3 Å². The molecule has 5 heteroatoms. The minimum absolute atomic E-state index is 0.00606. The standard InChI is InChI=1S/C14H14N2O2S/c17-14(18)12-5-6-19-13(16-12)11-8-15-7-9-3-1-2-4-10(9)11/h1-4,7-8,12-13,16H,5-6H2,(H,17,18). The van der Waals surface area contributed by atoms with E-state index in [-0.39, 0.29) is 5.37 Å². The highest BCUT2D eigenvalue weighted by Crippen LogP contribution is 2.34. The first-order chi connectivity index (χ1) is 9.25. The second-order valence-corrected chi connectivity index (χ2v) is 5.76. The van der Waals surface area contributed by atoms with Gasteiger partial charge in [0, 0.05) is 23.3 Å². The molecule has 4 nitrogen and oxygen atoms in total. The van der Waals surface area contributed by atoms with Gasteiger partial charge in [-0.3, -0.25) is 15.1 Å². The quantitative estimate of drug-likeness (QED) is 0.880. The lowest BCUT2D eigenvalue weighted by molar-refractivity contribution is -0.139. The second-order valence-electron chi connectivity index (χ2n) is 4.55. The highest BCUT2D eigenvalue weighted by molar-refractivity contribution is 7.99. The van der Waals surface area contributed by atoms with Crippen LogP contribution in [-0.2, 0) is 4.79 Å². The molecule has 98 valence electrons. The van der Waals surface area contributed by atoms with E-state index in [9.17, 15) is 4.79 Å². The van der Waals surface area contributed by atoms with Crippen LogP contribution < -0.4 is 5.32 Å². The Labute approximate surface area is 115 Å². The predicted molar refractivity (Wildman–Crippen MR) is 76.1 cm³/mol. The Morgan fingerprint density at radius 3 is 3.05 bits per heavy atom. The summed E-state index contributed by atoms with van der Waals surface area (Å²) in [7, 11) is 0. The van der Waals surface area contributed by atoms with E-state index in [0.717, 1.165) is 22.1 Å². The molecule has 3 rings (SSSR count). The first kappa shape index (κ1) is 12.4. The van der Waals surface area contributed by atoms with Crippen molar-refractivity contribution in [2.24, 2.45) is 0 Å². The molecule has 19 heavy (non-hydrogen) atoms. The third kappa shape index (κ3) is 2.43. The Morgan fingerprint density at radius 2 is 2.21 bits per heavy atom. The topological polar surface area (TPSA) is 62.2 Å². The molecular weight excluding hydrogens is 260 g/mol. The zero-order valence-corrected chi connectivity index (χ0v) is 11.1. The maximum Gasteiger partial charge on any atom is 0.320 e. The van der Waals surface area contributed by atoms with Gasteiger partial charge in [-0.2, -0.15) is 0 Å². The van der Waals surface area contributed by atoms with Crippen molar-refractivity contribution in [3.05, 3.63) is 42.2 Å². The van der Waals surface area contributed by atoms with Crippen molar-refractivity contribution in [3.63, 3.8) is 0 Å². The highest BCUT2D eigenvalue weighted by atomic mass is 32.2. The summed E-state index contributed by atoms with van der Waals surface area (Å²) in [6.45, 7) is 0. The predicted octanol–water partition coefficient (Wildman–Crippen LogP) is 2.41. The Kier molecular flexibility index (Phi) is 3.40. The van der Waals surface area contributed by atoms with Gasteiger partial charge in [-0.05, 0) is 17.6 Å². The lowest BCUT2D eigenvalue weighted by Crippen LogP contribution is -2.41. The molecule has 0 radical (unpaired) electrons. The molecule has 0 bridgehead atoms. The molecule has 1 fully saturated rings. The lowest BCUT2D eigenvalue weighted by Gasteiger charge is -2.28. The number of aliphatic carboxylic acids is 1. The van der Waals surface area contributed by atoms with Gasteiger partial charge >= 0.3 is 5.97 Å². The number of hydrogen-bond acceptors (Lipinski definition) is 4. The average Bonchev–Trinajstić information content (AvgIpc) is 2.47. The smallest absolute Gasteiger partial charge is 0.320 e. The molecule has 1 aliphatic rings. The van der Waals surface area contributed by atoms with E-state index in [2.05, 4.69) is 16.4 Å². The minimum atomic E-state index is -0.779. The number of fused-ring (bicyclic) bond motifs is 1. The van der Waals surface area contributed by atoms with E-state index in [1.54, 1.807) is 11.8 Å². The van der Waals surface area contributed by atoms with Crippen molar-refractivity contribution in [1.29, 1.82) is 0 Å². The van der Waals surface area contributed by atoms with Crippen LogP contribution in [0.2, 0.25) is 0 Å². The van der Waals surface area contributed by atoms with E-state index in [4.69, 9.17) is 5.11 Å². The van der Waals surface area contributed by atoms with Gasteiger partial charge in [0.05, 0.1) is 5.37 Å². The molecule has 2 aromatic rings. The Balaban J connectivity index is 1.97. The van der Waals surface area contributed by atoms with E-state index in [1.807, 2.05) is 30.6 Å². The summed E-state index contributed by atoms with van der Waals surface area (Å²) in [6, 6.07) is 7.58. The summed E-state index contributed by atoms with van der Waals surface area (Å²) in [5.74, 6) is 0.0659. The number of nitrogens with one attached hydrogen (secondary N) is 1. The Morgan fingerprint density at radius 1 is 1.37 bits per heavy atom. The van der Waals surface area contributed by atoms with Crippen molar-refractivity contribution in [2.75, 3.05) is 5.75 Å². The van der Waals surface area contributed by atoms with E-state index >= 15 is 0 Å². The molecule has 0 amide bonds. The van der Waals surface area contributed by atoms with Crippen LogP contribution in [0.1, 0.15) is 17.4 Å². The zero-order valence-electron chi connectivity index (χ0n) is 10.2. The van der Waals surface area contributed by atoms with Gasteiger partial charge in [-0.1, -0.05) is 24.3 Å². The average molecular weight is 274 g/mol. The fourth-order valence-electron chi connectivity index (χ4n) is 2.34. The molecule has 1 saturated heterocycles. The maximum atomic E-state index is 11.1. The SMILES string of the molecule is O=C(O)C1CCSC(c2cncc3ccccc23)N1. The number of carboxylic acid groups (broad SMARTS) is 1. The lowest BCUT2D eigenvalue weighted by atomic mass is 10.1. The fraction of sp³-hybridized carbons (Fsp3) is 0.286. The summed E-state index contributed by atoms with van der Waals surface area (Å²) in [5.41, 5.74) is 1.06. The van der Waals surface area contributed by atoms with Gasteiger partial charge in [0.15, 0.2) is 0 Å². The molecule has 1 aliphatic heterocycles. The first-order valence-electron chi connectivity index (χ1n) is 6.19. The normalized spacial score (nSPS) is 23.4. The number of pyridine rings is 1. The van der Waals surface area contributed by atoms with E-state index in [0.29, 0.717) is 6.42 Å². The third-order valence-corrected chi connectivity index (χ3v) is 4.52. The van der Waals surface area contributed by atoms with E-state index < -0.39 is 12.0 Å². The largest absolute Gasteiger partial charge is 0.480 e. The fourth-order valence-corrected chi connectivity index (χ4v) is 3.58. The van der Waals surface area contributed by atoms with Crippen LogP contribution >= 0.6 is 11.8 Å². The third-order valence-electron chi connectivity index (χ3n) is 3.32. The molecule has 2 heterocycles. The molecule has 0 spiro atoms. The molecule has 0 aliphatic carbocycles. The van der Waals surface area contributed by atoms with Crippen LogP contribution in [-0.4, -0.2) is 27.9 Å². The van der Waals surface area contributed by atoms with Gasteiger partial charge in [-0.15, -0.1) is 11.8 Å². The summed E-state index contributed by atoms with van der Waals surface area (Å²) < 4.78 is 0. The number of thioether (sulfide) groups is 1. The van der Waals surface area contributed by atoms with Gasteiger partial charge in [-0.25, -0.2) is 0 Å². The van der Waals surface area contributed by atoms with Crippen LogP contribution in [0.5, 0.6) is 0 Å². The second kappa shape index (κ2) is 5.19. The maximum absolute atomic E-state index is 11.1. The van der Waals surface area contributed by atoms with Crippen LogP contribution in [0.3, 0.4) is 0 Å². The molecule has 2 atom stereocenters. The summed E-state index contributed by atoms with van der Waals surface area (Å²) >= 11 is 1.74. The van der Waals surface area contributed by atoms with Gasteiger partial charge < -0.3 is 5.11 Å². The van der Waals surface area contributed by atoms with Crippen LogP contribution in [0.4, 0.5) is 0 Å². The zero-order chi connectivity index (χ0) is 13.2. The number of hydrogen-bond donors (Lipinski definition) is 2. The number of nitrogens with zero attached hydrogens (tertiary/aromatic N) is 1. The van der Waals surface area contributed by atoms with E-state index in [1.165, 1.54) is 0 Å². The van der Waals surface area contributed by atoms with Crippen molar-refractivity contribution < 1.29 is 9.90 Å². The highest BCUT2D eigenvalue weighted by Gasteiger charge is 2.28. The number of rotatable bonds is 2. The molecule has 0 saturated carbocycles. The Bertz CT molecular complexity index is 612. The van der Waals surface area contributed by atoms with Gasteiger partial charge in [0.1, 0.15) is 6.04 Å². The number of aromatic nitrogens is 1. The molecular formula is C14H14N2O2S. The van der Waals surface area contributed by atoms with Crippen LogP contribution in [0.15, 0.2) is 36.7 Å². The molecule has 2 unspecified atom stereocenters. The van der Waals surface area contributed by atoms with Crippen molar-refractivity contribution >= 4 is 28.5 Å². The van der Waals surface area contributed by atoms with Crippen LogP contribution in [0, 0.1) is 0 Å². The summed E-state index contributed by atoms with van der Waals surface area (Å²) in [6.07, 6.45) is 4.33. The summed E-state index contributed by atoms with van der Waals surface area (Å²) in [4.78, 5) is 15.4.